The molecule has 0 bridgehead atoms. The monoisotopic (exact) mass is 265 g/mol. The smallest absolute Gasteiger partial charge is 0.274 e. The Balaban J connectivity index is 2.05. The lowest BCUT2D eigenvalue weighted by Gasteiger charge is -2.21. The number of hydrogen-bond donors (Lipinski definition) is 0. The van der Waals surface area contributed by atoms with E-state index < -0.39 is 0 Å². The van der Waals surface area contributed by atoms with Gasteiger partial charge in [0.25, 0.3) is 5.91 Å². The van der Waals surface area contributed by atoms with Crippen molar-refractivity contribution in [1.29, 1.82) is 0 Å². The molecule has 1 aromatic rings. The van der Waals surface area contributed by atoms with Gasteiger partial charge in [-0.1, -0.05) is 0 Å². The molecule has 2 rings (SSSR count). The highest BCUT2D eigenvalue weighted by Crippen LogP contribution is 2.10. The van der Waals surface area contributed by atoms with Crippen molar-refractivity contribution in [2.45, 2.75) is 26.4 Å². The fraction of sp³-hybridized carbons (Fsp3) is 0.615. The number of aromatic nitrogens is 2. The molecule has 1 unspecified atom stereocenters. The standard InChI is InChI=1S/C13H19N3O3/c1-3-18-12-8-14-11(7-15-12)13(17)16-5-4-6-19-10(2)9-16/h7-8,10H,3-6,9H2,1-2H3. The van der Waals surface area contributed by atoms with Gasteiger partial charge >= 0.3 is 0 Å². The van der Waals surface area contributed by atoms with E-state index >= 15 is 0 Å². The normalized spacial score (nSPS) is 19.9. The van der Waals surface area contributed by atoms with Crippen LogP contribution in [-0.4, -0.2) is 53.2 Å². The van der Waals surface area contributed by atoms with E-state index in [1.54, 1.807) is 4.90 Å². The predicted molar refractivity (Wildman–Crippen MR) is 69.1 cm³/mol. The van der Waals surface area contributed by atoms with Crippen molar-refractivity contribution in [3.8, 4) is 5.88 Å². The van der Waals surface area contributed by atoms with Crippen LogP contribution in [0.3, 0.4) is 0 Å². The minimum Gasteiger partial charge on any atom is -0.477 e. The second-order valence-electron chi connectivity index (χ2n) is 4.46. The molecule has 19 heavy (non-hydrogen) atoms. The fourth-order valence-corrected chi connectivity index (χ4v) is 1.99. The van der Waals surface area contributed by atoms with Crippen LogP contribution in [0.1, 0.15) is 30.8 Å². The highest BCUT2D eigenvalue weighted by molar-refractivity contribution is 5.92. The third-order valence-corrected chi connectivity index (χ3v) is 2.88. The summed E-state index contributed by atoms with van der Waals surface area (Å²) in [6, 6.07) is 0. The molecule has 0 saturated carbocycles. The first-order chi connectivity index (χ1) is 9.20. The maximum absolute atomic E-state index is 12.3. The van der Waals surface area contributed by atoms with Crippen molar-refractivity contribution >= 4 is 5.91 Å². The predicted octanol–water partition coefficient (Wildman–Crippen LogP) is 1.13. The van der Waals surface area contributed by atoms with Crippen molar-refractivity contribution in [1.82, 2.24) is 14.9 Å². The van der Waals surface area contributed by atoms with Crippen LogP contribution in [0.4, 0.5) is 0 Å². The quantitative estimate of drug-likeness (QED) is 0.819. The van der Waals surface area contributed by atoms with Crippen LogP contribution >= 0.6 is 0 Å². The number of carbonyl (C=O) groups is 1. The molecule has 0 radical (unpaired) electrons. The third-order valence-electron chi connectivity index (χ3n) is 2.88. The van der Waals surface area contributed by atoms with E-state index in [0.29, 0.717) is 37.9 Å². The van der Waals surface area contributed by atoms with Crippen molar-refractivity contribution in [2.24, 2.45) is 0 Å². The number of carbonyl (C=O) groups excluding carboxylic acids is 1. The number of nitrogens with zero attached hydrogens (tertiary/aromatic N) is 3. The first-order valence-corrected chi connectivity index (χ1v) is 6.56. The molecule has 6 nitrogen and oxygen atoms in total. The van der Waals surface area contributed by atoms with Crippen LogP contribution < -0.4 is 4.74 Å². The maximum Gasteiger partial charge on any atom is 0.274 e. The molecule has 1 amide bonds. The zero-order valence-corrected chi connectivity index (χ0v) is 11.3. The Labute approximate surface area is 112 Å². The van der Waals surface area contributed by atoms with Crippen molar-refractivity contribution in [3.63, 3.8) is 0 Å². The molecule has 2 heterocycles. The maximum atomic E-state index is 12.3. The molecule has 104 valence electrons. The van der Waals surface area contributed by atoms with Crippen molar-refractivity contribution in [3.05, 3.63) is 18.1 Å². The summed E-state index contributed by atoms with van der Waals surface area (Å²) in [5.74, 6) is 0.333. The number of rotatable bonds is 3. The van der Waals surface area contributed by atoms with Crippen LogP contribution in [0.15, 0.2) is 12.4 Å². The van der Waals surface area contributed by atoms with Crippen LogP contribution in [0.5, 0.6) is 5.88 Å². The summed E-state index contributed by atoms with van der Waals surface area (Å²) >= 11 is 0. The number of hydrogen-bond acceptors (Lipinski definition) is 5. The molecular weight excluding hydrogens is 246 g/mol. The van der Waals surface area contributed by atoms with Crippen LogP contribution in [0, 0.1) is 0 Å². The van der Waals surface area contributed by atoms with Gasteiger partial charge in [-0.25, -0.2) is 9.97 Å². The molecule has 1 aliphatic rings. The summed E-state index contributed by atoms with van der Waals surface area (Å²) in [4.78, 5) is 22.2. The van der Waals surface area contributed by atoms with Crippen molar-refractivity contribution in [2.75, 3.05) is 26.3 Å². The summed E-state index contributed by atoms with van der Waals surface area (Å²) in [5, 5.41) is 0. The fourth-order valence-electron chi connectivity index (χ4n) is 1.99. The minimum absolute atomic E-state index is 0.0575. The summed E-state index contributed by atoms with van der Waals surface area (Å²) in [7, 11) is 0. The van der Waals surface area contributed by atoms with Gasteiger partial charge in [-0.05, 0) is 20.3 Å². The van der Waals surface area contributed by atoms with Gasteiger partial charge in [0.05, 0.1) is 25.1 Å². The van der Waals surface area contributed by atoms with E-state index in [4.69, 9.17) is 9.47 Å². The lowest BCUT2D eigenvalue weighted by Crippen LogP contribution is -2.36. The summed E-state index contributed by atoms with van der Waals surface area (Å²) in [5.41, 5.74) is 0.345. The van der Waals surface area contributed by atoms with Crippen molar-refractivity contribution < 1.29 is 14.3 Å². The first kappa shape index (κ1) is 13.7. The number of ether oxygens (including phenoxy) is 2. The Morgan fingerprint density at radius 2 is 2.37 bits per heavy atom. The van der Waals surface area contributed by atoms with Crippen LogP contribution in [0.25, 0.3) is 0 Å². The zero-order valence-electron chi connectivity index (χ0n) is 11.3. The second-order valence-corrected chi connectivity index (χ2v) is 4.46. The summed E-state index contributed by atoms with van der Waals surface area (Å²) in [6.07, 6.45) is 3.85. The Morgan fingerprint density at radius 3 is 3.05 bits per heavy atom. The van der Waals surface area contributed by atoms with Gasteiger partial charge in [-0.3, -0.25) is 4.79 Å². The molecule has 0 aliphatic carbocycles. The van der Waals surface area contributed by atoms with Gasteiger partial charge in [0.15, 0.2) is 0 Å². The van der Waals surface area contributed by atoms with Gasteiger partial charge < -0.3 is 14.4 Å². The zero-order chi connectivity index (χ0) is 13.7. The molecule has 1 atom stereocenters. The molecule has 1 fully saturated rings. The van der Waals surface area contributed by atoms with E-state index in [1.807, 2.05) is 13.8 Å². The lowest BCUT2D eigenvalue weighted by molar-refractivity contribution is 0.0559. The molecule has 1 saturated heterocycles. The largest absolute Gasteiger partial charge is 0.477 e. The van der Waals surface area contributed by atoms with Gasteiger partial charge in [0.2, 0.25) is 5.88 Å². The minimum atomic E-state index is -0.104. The molecule has 0 N–H and O–H groups in total. The third kappa shape index (κ3) is 3.64. The van der Waals surface area contributed by atoms with Gasteiger partial charge in [0.1, 0.15) is 5.69 Å². The second kappa shape index (κ2) is 6.47. The Bertz CT molecular complexity index is 422. The number of amides is 1. The molecule has 0 spiro atoms. The van der Waals surface area contributed by atoms with E-state index in [1.165, 1.54) is 12.4 Å². The SMILES string of the molecule is CCOc1cnc(C(=O)N2CCCOC(C)C2)cn1. The van der Waals surface area contributed by atoms with E-state index in [2.05, 4.69) is 9.97 Å². The Hall–Kier alpha value is -1.69. The topological polar surface area (TPSA) is 64.5 Å². The van der Waals surface area contributed by atoms with Crippen LogP contribution in [-0.2, 0) is 4.74 Å². The van der Waals surface area contributed by atoms with Gasteiger partial charge in [-0.15, -0.1) is 0 Å². The highest BCUT2D eigenvalue weighted by atomic mass is 16.5. The molecule has 1 aromatic heterocycles. The molecule has 0 aromatic carbocycles. The van der Waals surface area contributed by atoms with Crippen LogP contribution in [0.2, 0.25) is 0 Å². The molecule has 1 aliphatic heterocycles. The Morgan fingerprint density at radius 1 is 1.53 bits per heavy atom. The van der Waals surface area contributed by atoms with E-state index in [0.717, 1.165) is 6.42 Å². The van der Waals surface area contributed by atoms with E-state index in [-0.39, 0.29) is 12.0 Å². The van der Waals surface area contributed by atoms with Gasteiger partial charge in [-0.2, -0.15) is 0 Å². The molecule has 6 heteroatoms. The molecular formula is C13H19N3O3. The lowest BCUT2D eigenvalue weighted by atomic mass is 10.3. The van der Waals surface area contributed by atoms with Gasteiger partial charge in [0, 0.05) is 19.7 Å². The Kier molecular flexibility index (Phi) is 4.68. The highest BCUT2D eigenvalue weighted by Gasteiger charge is 2.22. The summed E-state index contributed by atoms with van der Waals surface area (Å²) < 4.78 is 10.7. The van der Waals surface area contributed by atoms with E-state index in [9.17, 15) is 4.79 Å². The summed E-state index contributed by atoms with van der Waals surface area (Å²) in [6.45, 7) is 6.35. The average Bonchev–Trinajstić information content (AvgIpc) is 2.64. The first-order valence-electron chi connectivity index (χ1n) is 6.56. The average molecular weight is 265 g/mol.